The van der Waals surface area contributed by atoms with Crippen molar-refractivity contribution in [3.05, 3.63) is 11.8 Å². The second kappa shape index (κ2) is 9.64. The van der Waals surface area contributed by atoms with Gasteiger partial charge in [-0.3, -0.25) is 19.3 Å². The fourth-order valence-electron chi connectivity index (χ4n) is 2.60. The first-order valence-corrected chi connectivity index (χ1v) is 9.26. The summed E-state index contributed by atoms with van der Waals surface area (Å²) in [5.74, 6) is -0.879. The van der Waals surface area contributed by atoms with Crippen LogP contribution in [-0.2, 0) is 19.1 Å². The Balaban J connectivity index is 3.01. The largest absolute Gasteiger partial charge is 0.499 e. The van der Waals surface area contributed by atoms with Crippen LogP contribution in [0.25, 0.3) is 0 Å². The molecule has 0 spiro atoms. The van der Waals surface area contributed by atoms with Gasteiger partial charge in [-0.05, 0) is 19.3 Å². The Morgan fingerprint density at radius 3 is 2.48 bits per heavy atom. The summed E-state index contributed by atoms with van der Waals surface area (Å²) >= 11 is 17.3. The van der Waals surface area contributed by atoms with Crippen molar-refractivity contribution in [3.63, 3.8) is 0 Å². The molecule has 2 unspecified atom stereocenters. The fraction of sp³-hybridized carbons (Fsp3) is 0.688. The molecule has 25 heavy (non-hydrogen) atoms. The zero-order chi connectivity index (χ0) is 19.2. The molecule has 1 aliphatic heterocycles. The molecule has 0 aromatic rings. The standard InChI is InChI=1S/C16H23Cl3N2O4/c1-4-6-11-12(25-3)9-14(23)21(11)15(24)10(20-13(22)5-2)7-8-16(17,18)19/h9-11H,4-8H2,1-3H3,(H,20,22). The van der Waals surface area contributed by atoms with E-state index in [1.807, 2.05) is 6.92 Å². The van der Waals surface area contributed by atoms with E-state index in [4.69, 9.17) is 39.5 Å². The van der Waals surface area contributed by atoms with E-state index in [0.717, 1.165) is 11.3 Å². The van der Waals surface area contributed by atoms with Crippen molar-refractivity contribution < 1.29 is 19.1 Å². The van der Waals surface area contributed by atoms with Gasteiger partial charge in [0.1, 0.15) is 11.8 Å². The van der Waals surface area contributed by atoms with Crippen LogP contribution in [0.5, 0.6) is 0 Å². The molecule has 0 aromatic carbocycles. The van der Waals surface area contributed by atoms with Gasteiger partial charge >= 0.3 is 0 Å². The lowest BCUT2D eigenvalue weighted by molar-refractivity contribution is -0.146. The zero-order valence-corrected chi connectivity index (χ0v) is 16.7. The highest BCUT2D eigenvalue weighted by molar-refractivity contribution is 6.67. The van der Waals surface area contributed by atoms with Gasteiger partial charge in [0.2, 0.25) is 5.91 Å². The number of rotatable bonds is 8. The number of hydrogen-bond acceptors (Lipinski definition) is 4. The molecule has 3 amide bonds. The third-order valence-electron chi connectivity index (χ3n) is 3.85. The van der Waals surface area contributed by atoms with Crippen LogP contribution in [-0.4, -0.2) is 45.6 Å². The average Bonchev–Trinajstić information content (AvgIpc) is 2.85. The Morgan fingerprint density at radius 2 is 2.00 bits per heavy atom. The van der Waals surface area contributed by atoms with Gasteiger partial charge in [0.25, 0.3) is 11.8 Å². The van der Waals surface area contributed by atoms with Crippen molar-refractivity contribution in [1.29, 1.82) is 0 Å². The van der Waals surface area contributed by atoms with Crippen LogP contribution in [0.15, 0.2) is 11.8 Å². The highest BCUT2D eigenvalue weighted by Crippen LogP contribution is 2.32. The summed E-state index contributed by atoms with van der Waals surface area (Å²) in [6, 6.07) is -1.43. The van der Waals surface area contributed by atoms with Crippen LogP contribution in [0.4, 0.5) is 0 Å². The molecule has 0 bridgehead atoms. The molecule has 1 aliphatic rings. The van der Waals surface area contributed by atoms with Gasteiger partial charge in [-0.1, -0.05) is 55.1 Å². The van der Waals surface area contributed by atoms with E-state index >= 15 is 0 Å². The molecule has 1 N–H and O–H groups in total. The van der Waals surface area contributed by atoms with Crippen LogP contribution in [0, 0.1) is 0 Å². The Labute approximate surface area is 162 Å². The number of nitrogens with one attached hydrogen (secondary N) is 1. The topological polar surface area (TPSA) is 75.7 Å². The number of methoxy groups -OCH3 is 1. The number of hydrogen-bond donors (Lipinski definition) is 1. The smallest absolute Gasteiger partial charge is 0.257 e. The van der Waals surface area contributed by atoms with Gasteiger partial charge in [0.05, 0.1) is 13.2 Å². The lowest BCUT2D eigenvalue weighted by atomic mass is 10.1. The Morgan fingerprint density at radius 1 is 1.36 bits per heavy atom. The Kier molecular flexibility index (Phi) is 8.51. The van der Waals surface area contributed by atoms with Crippen LogP contribution in [0.1, 0.15) is 46.0 Å². The van der Waals surface area contributed by atoms with E-state index in [9.17, 15) is 14.4 Å². The van der Waals surface area contributed by atoms with Crippen molar-refractivity contribution in [2.75, 3.05) is 7.11 Å². The predicted octanol–water partition coefficient (Wildman–Crippen LogP) is 3.10. The molecule has 0 saturated carbocycles. The van der Waals surface area contributed by atoms with E-state index < -0.39 is 27.7 Å². The van der Waals surface area contributed by atoms with Crippen molar-refractivity contribution in [2.45, 2.75) is 61.8 Å². The number of alkyl halides is 3. The molecule has 142 valence electrons. The van der Waals surface area contributed by atoms with E-state index in [1.165, 1.54) is 13.2 Å². The van der Waals surface area contributed by atoms with E-state index in [1.54, 1.807) is 6.92 Å². The van der Waals surface area contributed by atoms with E-state index in [0.29, 0.717) is 12.2 Å². The Hall–Kier alpha value is -0.980. The van der Waals surface area contributed by atoms with Crippen LogP contribution in [0.2, 0.25) is 0 Å². The maximum Gasteiger partial charge on any atom is 0.257 e. The molecule has 1 heterocycles. The van der Waals surface area contributed by atoms with E-state index in [2.05, 4.69) is 5.32 Å². The van der Waals surface area contributed by atoms with Gasteiger partial charge in [0, 0.05) is 12.5 Å². The maximum absolute atomic E-state index is 12.9. The molecule has 0 radical (unpaired) electrons. The number of halogens is 3. The molecule has 9 heteroatoms. The molecule has 0 aliphatic carbocycles. The van der Waals surface area contributed by atoms with Crippen molar-refractivity contribution >= 4 is 52.5 Å². The second-order valence-electron chi connectivity index (χ2n) is 5.73. The van der Waals surface area contributed by atoms with Gasteiger partial charge in [-0.15, -0.1) is 0 Å². The van der Waals surface area contributed by atoms with Gasteiger partial charge in [0.15, 0.2) is 3.79 Å². The highest BCUT2D eigenvalue weighted by Gasteiger charge is 2.41. The first-order chi connectivity index (χ1) is 11.6. The van der Waals surface area contributed by atoms with Crippen molar-refractivity contribution in [1.82, 2.24) is 10.2 Å². The first-order valence-electron chi connectivity index (χ1n) is 8.13. The SMILES string of the molecule is CCCC1C(OC)=CC(=O)N1C(=O)C(CCC(Cl)(Cl)Cl)NC(=O)CC. The lowest BCUT2D eigenvalue weighted by Crippen LogP contribution is -2.52. The minimum absolute atomic E-state index is 0.0586. The lowest BCUT2D eigenvalue weighted by Gasteiger charge is -2.29. The minimum Gasteiger partial charge on any atom is -0.499 e. The number of carbonyl (C=O) groups is 3. The summed E-state index contributed by atoms with van der Waals surface area (Å²) < 4.78 is 3.67. The molecular weight excluding hydrogens is 391 g/mol. The zero-order valence-electron chi connectivity index (χ0n) is 14.5. The second-order valence-corrected chi connectivity index (χ2v) is 8.25. The normalized spacial score (nSPS) is 18.8. The third-order valence-corrected chi connectivity index (χ3v) is 4.42. The molecule has 2 atom stereocenters. The molecule has 0 aromatic heterocycles. The maximum atomic E-state index is 12.9. The first kappa shape index (κ1) is 22.1. The molecule has 0 fully saturated rings. The Bertz CT molecular complexity index is 546. The number of ether oxygens (including phenoxy) is 1. The summed E-state index contributed by atoms with van der Waals surface area (Å²) in [6.45, 7) is 3.61. The van der Waals surface area contributed by atoms with Gasteiger partial charge in [-0.25, -0.2) is 0 Å². The summed E-state index contributed by atoms with van der Waals surface area (Å²) in [6.07, 6.45) is 2.98. The number of imide groups is 1. The molecule has 0 saturated heterocycles. The van der Waals surface area contributed by atoms with Crippen molar-refractivity contribution in [2.24, 2.45) is 0 Å². The van der Waals surface area contributed by atoms with E-state index in [-0.39, 0.29) is 25.2 Å². The average molecular weight is 414 g/mol. The predicted molar refractivity (Wildman–Crippen MR) is 97.4 cm³/mol. The number of amides is 3. The summed E-state index contributed by atoms with van der Waals surface area (Å²) in [7, 11) is 1.45. The number of carbonyl (C=O) groups excluding carboxylic acids is 3. The molecule has 1 rings (SSSR count). The van der Waals surface area contributed by atoms with Crippen molar-refractivity contribution in [3.8, 4) is 0 Å². The quantitative estimate of drug-likeness (QED) is 0.620. The fourth-order valence-corrected chi connectivity index (χ4v) is 2.93. The molecular formula is C16H23Cl3N2O4. The summed E-state index contributed by atoms with van der Waals surface area (Å²) in [5, 5.41) is 2.61. The van der Waals surface area contributed by atoms with Crippen LogP contribution >= 0.6 is 34.8 Å². The molecule has 6 nitrogen and oxygen atoms in total. The third kappa shape index (κ3) is 6.35. The highest BCUT2D eigenvalue weighted by atomic mass is 35.6. The van der Waals surface area contributed by atoms with Crippen LogP contribution < -0.4 is 5.32 Å². The van der Waals surface area contributed by atoms with Gasteiger partial charge in [-0.2, -0.15) is 0 Å². The summed E-state index contributed by atoms with van der Waals surface area (Å²) in [5.41, 5.74) is 0. The minimum atomic E-state index is -1.55. The number of nitrogens with zero attached hydrogens (tertiary/aromatic N) is 1. The monoisotopic (exact) mass is 412 g/mol. The summed E-state index contributed by atoms with van der Waals surface area (Å²) in [4.78, 5) is 38.1. The van der Waals surface area contributed by atoms with Gasteiger partial charge < -0.3 is 10.1 Å². The van der Waals surface area contributed by atoms with Crippen LogP contribution in [0.3, 0.4) is 0 Å².